The smallest absolute Gasteiger partial charge is 0.302 e. The van der Waals surface area contributed by atoms with Crippen molar-refractivity contribution in [1.29, 1.82) is 0 Å². The molecule has 0 bridgehead atoms. The van der Waals surface area contributed by atoms with E-state index in [2.05, 4.69) is 20.8 Å². The average Bonchev–Trinajstić information content (AvgIpc) is 2.11. The molecule has 0 aromatic carbocycles. The highest BCUT2D eigenvalue weighted by Crippen LogP contribution is 2.16. The number of esters is 1. The van der Waals surface area contributed by atoms with Crippen LogP contribution in [0.4, 0.5) is 0 Å². The van der Waals surface area contributed by atoms with Crippen LogP contribution in [0.25, 0.3) is 0 Å². The minimum atomic E-state index is -0.517. The summed E-state index contributed by atoms with van der Waals surface area (Å²) < 4.78 is 5.13. The SMILES string of the molecule is CCCCC(O)C(CC(C)C)OC(C)=O. The van der Waals surface area contributed by atoms with Gasteiger partial charge in [-0.2, -0.15) is 0 Å². The van der Waals surface area contributed by atoms with Crippen molar-refractivity contribution in [3.8, 4) is 0 Å². The molecule has 0 fully saturated rings. The Morgan fingerprint density at radius 1 is 1.40 bits per heavy atom. The molecule has 0 saturated carbocycles. The number of carbonyl (C=O) groups is 1. The summed E-state index contributed by atoms with van der Waals surface area (Å²) in [6.07, 6.45) is 2.60. The Kier molecular flexibility index (Phi) is 7.39. The first-order valence-electron chi connectivity index (χ1n) is 5.82. The molecule has 90 valence electrons. The van der Waals surface area contributed by atoms with Crippen molar-refractivity contribution in [2.24, 2.45) is 5.92 Å². The number of aliphatic hydroxyl groups excluding tert-OH is 1. The highest BCUT2D eigenvalue weighted by atomic mass is 16.6. The van der Waals surface area contributed by atoms with Crippen molar-refractivity contribution in [2.75, 3.05) is 0 Å². The fraction of sp³-hybridized carbons (Fsp3) is 0.917. The van der Waals surface area contributed by atoms with E-state index in [-0.39, 0.29) is 12.1 Å². The molecule has 0 spiro atoms. The summed E-state index contributed by atoms with van der Waals surface area (Å²) >= 11 is 0. The van der Waals surface area contributed by atoms with E-state index in [1.165, 1.54) is 6.92 Å². The van der Waals surface area contributed by atoms with E-state index in [4.69, 9.17) is 4.74 Å². The van der Waals surface area contributed by atoms with E-state index >= 15 is 0 Å². The molecule has 2 atom stereocenters. The van der Waals surface area contributed by atoms with Crippen LogP contribution < -0.4 is 0 Å². The normalized spacial score (nSPS) is 15.1. The molecular weight excluding hydrogens is 192 g/mol. The predicted octanol–water partition coefficient (Wildman–Crippen LogP) is 2.52. The number of unbranched alkanes of at least 4 members (excludes halogenated alkanes) is 1. The lowest BCUT2D eigenvalue weighted by Gasteiger charge is -2.24. The van der Waals surface area contributed by atoms with Crippen LogP contribution in [0.2, 0.25) is 0 Å². The van der Waals surface area contributed by atoms with Gasteiger partial charge in [-0.25, -0.2) is 0 Å². The topological polar surface area (TPSA) is 46.5 Å². The third kappa shape index (κ3) is 7.37. The van der Waals surface area contributed by atoms with Gasteiger partial charge >= 0.3 is 5.97 Å². The van der Waals surface area contributed by atoms with Crippen molar-refractivity contribution in [3.63, 3.8) is 0 Å². The van der Waals surface area contributed by atoms with Gasteiger partial charge < -0.3 is 9.84 Å². The number of ether oxygens (including phenoxy) is 1. The van der Waals surface area contributed by atoms with Crippen LogP contribution in [0.1, 0.15) is 53.4 Å². The second-order valence-electron chi connectivity index (χ2n) is 4.49. The third-order valence-corrected chi connectivity index (χ3v) is 2.30. The third-order valence-electron chi connectivity index (χ3n) is 2.30. The summed E-state index contributed by atoms with van der Waals surface area (Å²) in [6.45, 7) is 7.59. The van der Waals surface area contributed by atoms with Crippen molar-refractivity contribution in [2.45, 2.75) is 65.6 Å². The molecule has 0 saturated heterocycles. The Morgan fingerprint density at radius 3 is 2.40 bits per heavy atom. The van der Waals surface area contributed by atoms with Crippen LogP contribution in [0.5, 0.6) is 0 Å². The molecule has 0 aromatic heterocycles. The van der Waals surface area contributed by atoms with Crippen LogP contribution in [0.3, 0.4) is 0 Å². The van der Waals surface area contributed by atoms with E-state index in [1.807, 2.05) is 0 Å². The summed E-state index contributed by atoms with van der Waals surface area (Å²) in [7, 11) is 0. The van der Waals surface area contributed by atoms with Crippen LogP contribution in [0.15, 0.2) is 0 Å². The molecule has 0 aliphatic carbocycles. The van der Waals surface area contributed by atoms with Crippen LogP contribution in [0, 0.1) is 5.92 Å². The molecule has 3 heteroatoms. The fourth-order valence-corrected chi connectivity index (χ4v) is 1.56. The second-order valence-corrected chi connectivity index (χ2v) is 4.49. The quantitative estimate of drug-likeness (QED) is 0.665. The standard InChI is InChI=1S/C12H24O3/c1-5-6-7-11(14)12(8-9(2)3)15-10(4)13/h9,11-12,14H,5-8H2,1-4H3. The molecule has 0 heterocycles. The molecule has 1 N–H and O–H groups in total. The van der Waals surface area contributed by atoms with Gasteiger partial charge in [0.25, 0.3) is 0 Å². The maximum atomic E-state index is 10.9. The van der Waals surface area contributed by atoms with Crippen LogP contribution >= 0.6 is 0 Å². The summed E-state index contributed by atoms with van der Waals surface area (Å²) in [5.74, 6) is 0.113. The zero-order valence-electron chi connectivity index (χ0n) is 10.3. The summed E-state index contributed by atoms with van der Waals surface area (Å²) in [6, 6.07) is 0. The highest BCUT2D eigenvalue weighted by Gasteiger charge is 2.22. The molecule has 0 aromatic rings. The predicted molar refractivity (Wildman–Crippen MR) is 60.5 cm³/mol. The number of hydrogen-bond acceptors (Lipinski definition) is 3. The van der Waals surface area contributed by atoms with Gasteiger partial charge in [0.15, 0.2) is 0 Å². The van der Waals surface area contributed by atoms with Gasteiger partial charge in [-0.05, 0) is 18.8 Å². The lowest BCUT2D eigenvalue weighted by atomic mass is 9.98. The monoisotopic (exact) mass is 216 g/mol. The Labute approximate surface area is 92.8 Å². The Balaban J connectivity index is 4.13. The average molecular weight is 216 g/mol. The van der Waals surface area contributed by atoms with E-state index in [0.29, 0.717) is 12.3 Å². The minimum Gasteiger partial charge on any atom is -0.460 e. The van der Waals surface area contributed by atoms with Crippen LogP contribution in [-0.2, 0) is 9.53 Å². The number of hydrogen-bond donors (Lipinski definition) is 1. The maximum Gasteiger partial charge on any atom is 0.302 e. The van der Waals surface area contributed by atoms with Gasteiger partial charge in [-0.15, -0.1) is 0 Å². The van der Waals surface area contributed by atoms with E-state index in [9.17, 15) is 9.90 Å². The molecular formula is C12H24O3. The van der Waals surface area contributed by atoms with Gasteiger partial charge in [0.05, 0.1) is 6.10 Å². The van der Waals surface area contributed by atoms with Crippen molar-refractivity contribution >= 4 is 5.97 Å². The number of rotatable bonds is 7. The lowest BCUT2D eigenvalue weighted by molar-refractivity contribution is -0.153. The van der Waals surface area contributed by atoms with Gasteiger partial charge in [-0.3, -0.25) is 4.79 Å². The number of carbonyl (C=O) groups excluding carboxylic acids is 1. The van der Waals surface area contributed by atoms with E-state index in [1.54, 1.807) is 0 Å². The van der Waals surface area contributed by atoms with E-state index < -0.39 is 6.10 Å². The Bertz CT molecular complexity index is 178. The van der Waals surface area contributed by atoms with Gasteiger partial charge in [-0.1, -0.05) is 33.6 Å². The number of aliphatic hydroxyl groups is 1. The zero-order chi connectivity index (χ0) is 11.8. The van der Waals surface area contributed by atoms with Gasteiger partial charge in [0.1, 0.15) is 6.10 Å². The Morgan fingerprint density at radius 2 is 2.00 bits per heavy atom. The van der Waals surface area contributed by atoms with Gasteiger partial charge in [0, 0.05) is 6.92 Å². The zero-order valence-corrected chi connectivity index (χ0v) is 10.3. The maximum absolute atomic E-state index is 10.9. The fourth-order valence-electron chi connectivity index (χ4n) is 1.56. The lowest BCUT2D eigenvalue weighted by Crippen LogP contribution is -2.32. The minimum absolute atomic E-state index is 0.309. The molecule has 0 radical (unpaired) electrons. The molecule has 0 aliphatic heterocycles. The van der Waals surface area contributed by atoms with Crippen molar-refractivity contribution < 1.29 is 14.6 Å². The molecule has 0 rings (SSSR count). The van der Waals surface area contributed by atoms with Crippen molar-refractivity contribution in [3.05, 3.63) is 0 Å². The van der Waals surface area contributed by atoms with E-state index in [0.717, 1.165) is 19.3 Å². The molecule has 0 amide bonds. The molecule has 3 nitrogen and oxygen atoms in total. The molecule has 15 heavy (non-hydrogen) atoms. The highest BCUT2D eigenvalue weighted by molar-refractivity contribution is 5.66. The largest absolute Gasteiger partial charge is 0.460 e. The van der Waals surface area contributed by atoms with Gasteiger partial charge in [0.2, 0.25) is 0 Å². The first-order valence-corrected chi connectivity index (χ1v) is 5.82. The summed E-state index contributed by atoms with van der Waals surface area (Å²) in [5.41, 5.74) is 0. The second kappa shape index (κ2) is 7.69. The first kappa shape index (κ1) is 14.4. The first-order chi connectivity index (χ1) is 6.97. The Hall–Kier alpha value is -0.570. The summed E-state index contributed by atoms with van der Waals surface area (Å²) in [4.78, 5) is 10.9. The summed E-state index contributed by atoms with van der Waals surface area (Å²) in [5, 5.41) is 9.86. The molecule has 0 aliphatic rings. The van der Waals surface area contributed by atoms with Crippen LogP contribution in [-0.4, -0.2) is 23.3 Å². The molecule has 2 unspecified atom stereocenters. The van der Waals surface area contributed by atoms with Crippen molar-refractivity contribution in [1.82, 2.24) is 0 Å².